The van der Waals surface area contributed by atoms with Crippen molar-refractivity contribution < 1.29 is 0 Å². The number of thiazole rings is 1. The van der Waals surface area contributed by atoms with Crippen LogP contribution in [-0.2, 0) is 6.42 Å². The molecule has 0 aromatic carbocycles. The highest BCUT2D eigenvalue weighted by molar-refractivity contribution is 7.15. The second-order valence-corrected chi connectivity index (χ2v) is 7.80. The van der Waals surface area contributed by atoms with E-state index in [1.165, 1.54) is 73.6 Å². The first-order valence-corrected chi connectivity index (χ1v) is 9.53. The molecule has 0 radical (unpaired) electrons. The predicted octanol–water partition coefficient (Wildman–Crippen LogP) is 4.15. The van der Waals surface area contributed by atoms with E-state index in [0.29, 0.717) is 6.04 Å². The van der Waals surface area contributed by atoms with E-state index in [0.717, 1.165) is 12.5 Å². The lowest BCUT2D eigenvalue weighted by Gasteiger charge is -2.22. The minimum absolute atomic E-state index is 0.499. The number of hydrogen-bond acceptors (Lipinski definition) is 4. The van der Waals surface area contributed by atoms with Gasteiger partial charge in [0.1, 0.15) is 0 Å². The van der Waals surface area contributed by atoms with Gasteiger partial charge in [-0.1, -0.05) is 19.8 Å². The van der Waals surface area contributed by atoms with Crippen molar-refractivity contribution in [2.45, 2.75) is 64.3 Å². The first kappa shape index (κ1) is 15.3. The first-order valence-electron chi connectivity index (χ1n) is 8.72. The molecular weight excluding hydrogens is 278 g/mol. The van der Waals surface area contributed by atoms with Gasteiger partial charge in [0.25, 0.3) is 0 Å². The summed E-state index contributed by atoms with van der Waals surface area (Å²) in [5.74, 6) is 0.893. The normalized spacial score (nSPS) is 22.5. The van der Waals surface area contributed by atoms with Gasteiger partial charge in [-0.25, -0.2) is 4.98 Å². The van der Waals surface area contributed by atoms with Gasteiger partial charge in [0.05, 0.1) is 11.7 Å². The van der Waals surface area contributed by atoms with E-state index in [-0.39, 0.29) is 0 Å². The van der Waals surface area contributed by atoms with Crippen molar-refractivity contribution >= 4 is 16.5 Å². The summed E-state index contributed by atoms with van der Waals surface area (Å²) in [6, 6.07) is 0.499. The monoisotopic (exact) mass is 307 g/mol. The third kappa shape index (κ3) is 3.59. The molecule has 0 aliphatic heterocycles. The molecule has 1 unspecified atom stereocenters. The molecule has 1 atom stereocenters. The summed E-state index contributed by atoms with van der Waals surface area (Å²) in [7, 11) is 2.23. The topological polar surface area (TPSA) is 28.2 Å². The number of aromatic nitrogens is 1. The average Bonchev–Trinajstić information content (AvgIpc) is 3.13. The summed E-state index contributed by atoms with van der Waals surface area (Å²) in [6.45, 7) is 4.53. The minimum Gasteiger partial charge on any atom is -0.351 e. The van der Waals surface area contributed by atoms with E-state index in [1.807, 2.05) is 11.3 Å². The molecular formula is C17H29N3S. The SMILES string of the molecule is CCCNC1CCCc2sc(N(C)CC3CCCC3)nc21. The van der Waals surface area contributed by atoms with Crippen molar-refractivity contribution in [3.63, 3.8) is 0 Å². The standard InChI is InChI=1S/C17H29N3S/c1-3-11-18-14-9-6-10-15-16(14)19-17(21-15)20(2)12-13-7-4-5-8-13/h13-14,18H,3-12H2,1-2H3. The largest absolute Gasteiger partial charge is 0.351 e. The Kier molecular flexibility index (Phi) is 5.17. The van der Waals surface area contributed by atoms with Crippen LogP contribution in [0.3, 0.4) is 0 Å². The zero-order valence-electron chi connectivity index (χ0n) is 13.5. The molecule has 1 N–H and O–H groups in total. The van der Waals surface area contributed by atoms with E-state index in [2.05, 4.69) is 24.2 Å². The van der Waals surface area contributed by atoms with Crippen molar-refractivity contribution in [3.05, 3.63) is 10.6 Å². The highest BCUT2D eigenvalue weighted by atomic mass is 32.1. The van der Waals surface area contributed by atoms with Crippen LogP contribution < -0.4 is 10.2 Å². The van der Waals surface area contributed by atoms with Crippen LogP contribution in [-0.4, -0.2) is 25.1 Å². The maximum atomic E-state index is 5.01. The van der Waals surface area contributed by atoms with Crippen molar-refractivity contribution in [1.82, 2.24) is 10.3 Å². The van der Waals surface area contributed by atoms with Crippen molar-refractivity contribution in [2.75, 3.05) is 25.0 Å². The molecule has 1 aromatic heterocycles. The molecule has 1 fully saturated rings. The minimum atomic E-state index is 0.499. The van der Waals surface area contributed by atoms with Gasteiger partial charge in [-0.2, -0.15) is 0 Å². The number of fused-ring (bicyclic) bond motifs is 1. The zero-order valence-corrected chi connectivity index (χ0v) is 14.3. The van der Waals surface area contributed by atoms with Gasteiger partial charge in [0.15, 0.2) is 5.13 Å². The molecule has 3 nitrogen and oxygen atoms in total. The van der Waals surface area contributed by atoms with Gasteiger partial charge in [-0.15, -0.1) is 11.3 Å². The molecule has 0 spiro atoms. The maximum absolute atomic E-state index is 5.01. The quantitative estimate of drug-likeness (QED) is 0.856. The fourth-order valence-electron chi connectivity index (χ4n) is 3.74. The van der Waals surface area contributed by atoms with Crippen LogP contribution in [0.4, 0.5) is 5.13 Å². The maximum Gasteiger partial charge on any atom is 0.185 e. The Balaban J connectivity index is 1.68. The van der Waals surface area contributed by atoms with E-state index in [4.69, 9.17) is 4.98 Å². The van der Waals surface area contributed by atoms with Crippen molar-refractivity contribution in [2.24, 2.45) is 5.92 Å². The van der Waals surface area contributed by atoms with Gasteiger partial charge in [-0.3, -0.25) is 0 Å². The van der Waals surface area contributed by atoms with Gasteiger partial charge < -0.3 is 10.2 Å². The third-order valence-corrected chi connectivity index (χ3v) is 6.16. The van der Waals surface area contributed by atoms with Gasteiger partial charge in [0, 0.05) is 18.5 Å². The molecule has 0 saturated heterocycles. The van der Waals surface area contributed by atoms with Crippen LogP contribution in [0, 0.1) is 5.92 Å². The Morgan fingerprint density at radius 1 is 1.24 bits per heavy atom. The summed E-state index contributed by atoms with van der Waals surface area (Å²) in [6.07, 6.45) is 10.7. The highest BCUT2D eigenvalue weighted by Gasteiger charge is 2.26. The first-order chi connectivity index (χ1) is 10.3. The second kappa shape index (κ2) is 7.10. The van der Waals surface area contributed by atoms with Crippen LogP contribution in [0.25, 0.3) is 0 Å². The Morgan fingerprint density at radius 2 is 2.05 bits per heavy atom. The molecule has 1 saturated carbocycles. The Hall–Kier alpha value is -0.610. The smallest absolute Gasteiger partial charge is 0.185 e. The molecule has 0 amide bonds. The summed E-state index contributed by atoms with van der Waals surface area (Å²) in [5.41, 5.74) is 1.35. The third-order valence-electron chi connectivity index (χ3n) is 4.92. The molecule has 1 aromatic rings. The van der Waals surface area contributed by atoms with Crippen LogP contribution in [0.15, 0.2) is 0 Å². The van der Waals surface area contributed by atoms with Gasteiger partial charge >= 0.3 is 0 Å². The van der Waals surface area contributed by atoms with Crippen molar-refractivity contribution in [1.29, 1.82) is 0 Å². The summed E-state index contributed by atoms with van der Waals surface area (Å²) >= 11 is 1.94. The second-order valence-electron chi connectivity index (χ2n) is 6.73. The Labute approximate surface area is 133 Å². The lowest BCUT2D eigenvalue weighted by atomic mass is 9.97. The van der Waals surface area contributed by atoms with Crippen LogP contribution in [0.5, 0.6) is 0 Å². The molecule has 2 aliphatic rings. The number of rotatable bonds is 6. The fourth-order valence-corrected chi connectivity index (χ4v) is 4.88. The zero-order chi connectivity index (χ0) is 14.7. The van der Waals surface area contributed by atoms with E-state index < -0.39 is 0 Å². The Morgan fingerprint density at radius 3 is 2.81 bits per heavy atom. The molecule has 21 heavy (non-hydrogen) atoms. The van der Waals surface area contributed by atoms with Crippen LogP contribution >= 0.6 is 11.3 Å². The summed E-state index contributed by atoms with van der Waals surface area (Å²) in [5, 5.41) is 4.93. The molecule has 118 valence electrons. The number of anilines is 1. The predicted molar refractivity (Wildman–Crippen MR) is 91.3 cm³/mol. The molecule has 1 heterocycles. The summed E-state index contributed by atoms with van der Waals surface area (Å²) in [4.78, 5) is 8.95. The van der Waals surface area contributed by atoms with E-state index in [1.54, 1.807) is 0 Å². The summed E-state index contributed by atoms with van der Waals surface area (Å²) < 4.78 is 0. The fraction of sp³-hybridized carbons (Fsp3) is 0.824. The average molecular weight is 308 g/mol. The highest BCUT2D eigenvalue weighted by Crippen LogP contribution is 2.37. The van der Waals surface area contributed by atoms with Gasteiger partial charge in [-0.05, 0) is 51.0 Å². The number of hydrogen-bond donors (Lipinski definition) is 1. The Bertz CT molecular complexity index is 451. The van der Waals surface area contributed by atoms with Crippen molar-refractivity contribution in [3.8, 4) is 0 Å². The van der Waals surface area contributed by atoms with Crippen LogP contribution in [0.1, 0.15) is 68.5 Å². The van der Waals surface area contributed by atoms with Crippen LogP contribution in [0.2, 0.25) is 0 Å². The van der Waals surface area contributed by atoms with Gasteiger partial charge in [0.2, 0.25) is 0 Å². The molecule has 3 rings (SSSR count). The van der Waals surface area contributed by atoms with E-state index >= 15 is 0 Å². The lowest BCUT2D eigenvalue weighted by molar-refractivity contribution is 0.454. The number of nitrogens with zero attached hydrogens (tertiary/aromatic N) is 2. The number of nitrogens with one attached hydrogen (secondary N) is 1. The molecule has 0 bridgehead atoms. The molecule has 2 aliphatic carbocycles. The van der Waals surface area contributed by atoms with E-state index in [9.17, 15) is 0 Å². The number of aryl methyl sites for hydroxylation is 1. The lowest BCUT2D eigenvalue weighted by Crippen LogP contribution is -2.26. The molecule has 4 heteroatoms.